The molecular weight excluding hydrogens is 416 g/mol. The molecule has 1 saturated carbocycles. The number of hydrogen-bond acceptors (Lipinski definition) is 8. The fourth-order valence-corrected chi connectivity index (χ4v) is 4.48. The van der Waals surface area contributed by atoms with Gasteiger partial charge in [-0.3, -0.25) is 9.59 Å². The monoisotopic (exact) mass is 442 g/mol. The van der Waals surface area contributed by atoms with E-state index in [1.165, 1.54) is 14.2 Å². The number of aliphatic hydroxyl groups excluding tert-OH is 1. The van der Waals surface area contributed by atoms with Crippen LogP contribution in [-0.2, 0) is 16.0 Å². The van der Waals surface area contributed by atoms with Crippen LogP contribution in [-0.4, -0.2) is 49.3 Å². The van der Waals surface area contributed by atoms with E-state index in [1.807, 2.05) is 18.2 Å². The first-order chi connectivity index (χ1) is 15.4. The molecule has 0 saturated heterocycles. The number of Topliss-reactive ketones (excluding diaryl/α,β-unsaturated/α-hetero) is 1. The van der Waals surface area contributed by atoms with Gasteiger partial charge in [0.2, 0.25) is 5.75 Å². The second-order valence-corrected chi connectivity index (χ2v) is 8.09. The fourth-order valence-electron chi connectivity index (χ4n) is 4.48. The van der Waals surface area contributed by atoms with Crippen LogP contribution >= 0.6 is 0 Å². The fraction of sp³-hybridized carbons (Fsp3) is 0.417. The molecule has 170 valence electrons. The van der Waals surface area contributed by atoms with Crippen molar-refractivity contribution >= 4 is 11.8 Å². The standard InChI is InChI=1S/C24H26O8/c1-29-21-19(32-23(27)28)10-8-17(14-5-3-6-16-15(14)7-9-18(16)25)20(21)31-13-24(11-4-12-24)22(26)30-2/h3,5-6,8,10,23,27-28H,4,7,9,11-13H2,1-2H3. The van der Waals surface area contributed by atoms with Gasteiger partial charge in [0.1, 0.15) is 12.0 Å². The minimum atomic E-state index is -2.05. The molecule has 4 rings (SSSR count). The summed E-state index contributed by atoms with van der Waals surface area (Å²) in [4.78, 5) is 24.6. The molecule has 0 bridgehead atoms. The third kappa shape index (κ3) is 3.80. The molecule has 2 aliphatic rings. The number of fused-ring (bicyclic) bond motifs is 1. The van der Waals surface area contributed by atoms with Gasteiger partial charge in [-0.05, 0) is 42.5 Å². The van der Waals surface area contributed by atoms with Crippen LogP contribution in [0.2, 0.25) is 0 Å². The van der Waals surface area contributed by atoms with Crippen LogP contribution < -0.4 is 14.2 Å². The van der Waals surface area contributed by atoms with E-state index in [1.54, 1.807) is 12.1 Å². The van der Waals surface area contributed by atoms with Crippen molar-refractivity contribution in [3.05, 3.63) is 41.5 Å². The highest BCUT2D eigenvalue weighted by atomic mass is 16.7. The lowest BCUT2D eigenvalue weighted by Crippen LogP contribution is -2.44. The van der Waals surface area contributed by atoms with Crippen LogP contribution in [0.1, 0.15) is 41.6 Å². The molecule has 1 fully saturated rings. The predicted molar refractivity (Wildman–Crippen MR) is 114 cm³/mol. The van der Waals surface area contributed by atoms with E-state index in [9.17, 15) is 19.8 Å². The van der Waals surface area contributed by atoms with Gasteiger partial charge >= 0.3 is 12.4 Å². The Bertz CT molecular complexity index is 1040. The zero-order valence-corrected chi connectivity index (χ0v) is 18.1. The van der Waals surface area contributed by atoms with Crippen LogP contribution in [0.4, 0.5) is 0 Å². The summed E-state index contributed by atoms with van der Waals surface area (Å²) >= 11 is 0. The quantitative estimate of drug-likeness (QED) is 0.474. The Balaban J connectivity index is 1.80. The van der Waals surface area contributed by atoms with E-state index in [0.29, 0.717) is 42.6 Å². The molecule has 32 heavy (non-hydrogen) atoms. The van der Waals surface area contributed by atoms with Gasteiger partial charge in [-0.15, -0.1) is 0 Å². The maximum absolute atomic E-state index is 12.4. The third-order valence-corrected chi connectivity index (χ3v) is 6.30. The van der Waals surface area contributed by atoms with Gasteiger partial charge in [-0.2, -0.15) is 0 Å². The molecule has 0 aliphatic heterocycles. The minimum absolute atomic E-state index is 0.0715. The molecular formula is C24H26O8. The van der Waals surface area contributed by atoms with Crippen molar-refractivity contribution in [3.8, 4) is 28.4 Å². The summed E-state index contributed by atoms with van der Waals surface area (Å²) in [7, 11) is 2.77. The molecule has 2 N–H and O–H groups in total. The van der Waals surface area contributed by atoms with Crippen molar-refractivity contribution < 1.29 is 38.7 Å². The summed E-state index contributed by atoms with van der Waals surface area (Å²) in [6, 6.07) is 8.80. The highest BCUT2D eigenvalue weighted by Gasteiger charge is 2.46. The molecule has 8 nitrogen and oxygen atoms in total. The lowest BCUT2D eigenvalue weighted by molar-refractivity contribution is -0.180. The van der Waals surface area contributed by atoms with Crippen LogP contribution in [0.5, 0.6) is 17.2 Å². The number of carbonyl (C=O) groups is 2. The van der Waals surface area contributed by atoms with Gasteiger partial charge in [0.05, 0.1) is 14.2 Å². The van der Waals surface area contributed by atoms with Crippen molar-refractivity contribution in [2.75, 3.05) is 20.8 Å². The van der Waals surface area contributed by atoms with Crippen molar-refractivity contribution in [2.45, 2.75) is 38.6 Å². The molecule has 8 heteroatoms. The molecule has 2 aromatic rings. The molecule has 0 amide bonds. The van der Waals surface area contributed by atoms with Gasteiger partial charge in [0.25, 0.3) is 0 Å². The second kappa shape index (κ2) is 8.80. The zero-order valence-electron chi connectivity index (χ0n) is 18.1. The summed E-state index contributed by atoms with van der Waals surface area (Å²) in [6.07, 6.45) is 3.27. The average Bonchev–Trinajstić information content (AvgIpc) is 3.13. The van der Waals surface area contributed by atoms with E-state index < -0.39 is 11.9 Å². The van der Waals surface area contributed by atoms with E-state index in [-0.39, 0.29) is 29.9 Å². The number of carbonyl (C=O) groups excluding carboxylic acids is 2. The number of benzene rings is 2. The molecule has 0 unspecified atom stereocenters. The Morgan fingerprint density at radius 2 is 1.78 bits per heavy atom. The highest BCUT2D eigenvalue weighted by Crippen LogP contribution is 2.49. The van der Waals surface area contributed by atoms with Gasteiger partial charge < -0.3 is 29.2 Å². The topological polar surface area (TPSA) is 112 Å². The van der Waals surface area contributed by atoms with Crippen LogP contribution in [0.15, 0.2) is 30.3 Å². The third-order valence-electron chi connectivity index (χ3n) is 6.30. The SMILES string of the molecule is COC(=O)C1(COc2c(-c3cccc4c3CCC4=O)ccc(OC(O)O)c2OC)CCC1. The Morgan fingerprint density at radius 3 is 2.41 bits per heavy atom. The Hall–Kier alpha value is -3.10. The molecule has 0 atom stereocenters. The second-order valence-electron chi connectivity index (χ2n) is 8.09. The zero-order chi connectivity index (χ0) is 22.9. The summed E-state index contributed by atoms with van der Waals surface area (Å²) in [6.45, 7) is -1.98. The molecule has 0 aromatic heterocycles. The smallest absolute Gasteiger partial charge is 0.315 e. The number of ether oxygens (including phenoxy) is 4. The van der Waals surface area contributed by atoms with Crippen molar-refractivity contribution in [2.24, 2.45) is 5.41 Å². The molecule has 2 aromatic carbocycles. The summed E-state index contributed by atoms with van der Waals surface area (Å²) in [5.74, 6) is 0.309. The van der Waals surface area contributed by atoms with E-state index in [2.05, 4.69) is 0 Å². The largest absolute Gasteiger partial charge is 0.490 e. The van der Waals surface area contributed by atoms with Crippen molar-refractivity contribution in [3.63, 3.8) is 0 Å². The molecule has 0 spiro atoms. The molecule has 0 radical (unpaired) electrons. The Labute approximate surface area is 185 Å². The minimum Gasteiger partial charge on any atom is -0.490 e. The normalized spacial score (nSPS) is 16.3. The van der Waals surface area contributed by atoms with Crippen molar-refractivity contribution in [1.29, 1.82) is 0 Å². The number of esters is 1. The van der Waals surface area contributed by atoms with Gasteiger partial charge in [-0.1, -0.05) is 24.6 Å². The first-order valence-electron chi connectivity index (χ1n) is 10.5. The van der Waals surface area contributed by atoms with Gasteiger partial charge in [-0.25, -0.2) is 0 Å². The van der Waals surface area contributed by atoms with Crippen LogP contribution in [0.25, 0.3) is 11.1 Å². The van der Waals surface area contributed by atoms with Crippen LogP contribution in [0.3, 0.4) is 0 Å². The predicted octanol–water partition coefficient (Wildman–Crippen LogP) is 2.86. The van der Waals surface area contributed by atoms with E-state index >= 15 is 0 Å². The highest BCUT2D eigenvalue weighted by molar-refractivity contribution is 6.02. The van der Waals surface area contributed by atoms with Crippen LogP contribution in [0, 0.1) is 5.41 Å². The number of ketones is 1. The first kappa shape index (κ1) is 22.1. The first-order valence-corrected chi connectivity index (χ1v) is 10.5. The van der Waals surface area contributed by atoms with Crippen molar-refractivity contribution in [1.82, 2.24) is 0 Å². The lowest BCUT2D eigenvalue weighted by Gasteiger charge is -2.38. The summed E-state index contributed by atoms with van der Waals surface area (Å²) in [5.41, 5.74) is 2.35. The van der Waals surface area contributed by atoms with Gasteiger partial charge in [0, 0.05) is 17.5 Å². The summed E-state index contributed by atoms with van der Waals surface area (Å²) in [5, 5.41) is 18.6. The maximum atomic E-state index is 12.4. The Morgan fingerprint density at radius 1 is 1.03 bits per heavy atom. The van der Waals surface area contributed by atoms with E-state index in [4.69, 9.17) is 18.9 Å². The van der Waals surface area contributed by atoms with E-state index in [0.717, 1.165) is 17.5 Å². The average molecular weight is 442 g/mol. The number of aliphatic hydroxyl groups is 2. The maximum Gasteiger partial charge on any atom is 0.315 e. The lowest BCUT2D eigenvalue weighted by atomic mass is 9.69. The number of rotatable bonds is 8. The molecule has 0 heterocycles. The van der Waals surface area contributed by atoms with Gasteiger partial charge in [0.15, 0.2) is 17.3 Å². The Kier molecular flexibility index (Phi) is 6.08. The number of hydrogen-bond donors (Lipinski definition) is 2. The number of methoxy groups -OCH3 is 2. The summed E-state index contributed by atoms with van der Waals surface area (Å²) < 4.78 is 21.8. The molecule has 2 aliphatic carbocycles.